The number of ether oxygens (including phenoxy) is 1. The standard InChI is InChI=1S/C25H32N4O2.HI/c1-4-26-25(28-16-23-14-24(19(2)3)29-31-23)27-15-21-12-8-9-13-22(21)18-30-17-20-10-6-5-7-11-20;/h5-14,19H,4,15-18H2,1-3H3,(H2,26,27,28);1H. The van der Waals surface area contributed by atoms with Gasteiger partial charge in [-0.15, -0.1) is 24.0 Å². The zero-order valence-corrected chi connectivity index (χ0v) is 21.3. The molecule has 0 amide bonds. The third kappa shape index (κ3) is 8.27. The molecule has 0 atom stereocenters. The van der Waals surface area contributed by atoms with Gasteiger partial charge < -0.3 is 19.9 Å². The third-order valence-electron chi connectivity index (χ3n) is 4.84. The summed E-state index contributed by atoms with van der Waals surface area (Å²) in [5, 5.41) is 10.7. The van der Waals surface area contributed by atoms with E-state index in [1.807, 2.05) is 43.3 Å². The van der Waals surface area contributed by atoms with E-state index in [4.69, 9.17) is 14.3 Å². The summed E-state index contributed by atoms with van der Waals surface area (Å²) in [4.78, 5) is 4.74. The van der Waals surface area contributed by atoms with Crippen molar-refractivity contribution >= 4 is 29.9 Å². The normalized spacial score (nSPS) is 11.3. The predicted molar refractivity (Wildman–Crippen MR) is 139 cm³/mol. The highest BCUT2D eigenvalue weighted by atomic mass is 127. The monoisotopic (exact) mass is 548 g/mol. The lowest BCUT2D eigenvalue weighted by Crippen LogP contribution is -2.36. The summed E-state index contributed by atoms with van der Waals surface area (Å²) >= 11 is 0. The van der Waals surface area contributed by atoms with Crippen molar-refractivity contribution in [3.8, 4) is 0 Å². The maximum Gasteiger partial charge on any atom is 0.191 e. The van der Waals surface area contributed by atoms with Gasteiger partial charge in [0.05, 0.1) is 32.0 Å². The Morgan fingerprint density at radius 1 is 1.00 bits per heavy atom. The highest BCUT2D eigenvalue weighted by Gasteiger charge is 2.08. The SMILES string of the molecule is CCNC(=NCc1ccccc1COCc1ccccc1)NCc1cc(C(C)C)no1.I. The van der Waals surface area contributed by atoms with Gasteiger partial charge in [0.1, 0.15) is 0 Å². The van der Waals surface area contributed by atoms with Gasteiger partial charge in [0.15, 0.2) is 11.7 Å². The van der Waals surface area contributed by atoms with E-state index >= 15 is 0 Å². The van der Waals surface area contributed by atoms with Gasteiger partial charge in [-0.2, -0.15) is 0 Å². The Morgan fingerprint density at radius 2 is 1.72 bits per heavy atom. The van der Waals surface area contributed by atoms with Crippen LogP contribution in [0.4, 0.5) is 0 Å². The Bertz CT molecular complexity index is 957. The molecule has 172 valence electrons. The average Bonchev–Trinajstić information content (AvgIpc) is 3.27. The van der Waals surface area contributed by atoms with Gasteiger partial charge in [-0.25, -0.2) is 4.99 Å². The number of benzene rings is 2. The maximum atomic E-state index is 5.93. The van der Waals surface area contributed by atoms with Gasteiger partial charge in [0, 0.05) is 12.6 Å². The molecule has 0 spiro atoms. The van der Waals surface area contributed by atoms with Crippen LogP contribution in [0.25, 0.3) is 0 Å². The number of halogens is 1. The predicted octanol–water partition coefficient (Wildman–Crippen LogP) is 5.39. The van der Waals surface area contributed by atoms with Crippen molar-refractivity contribution in [2.75, 3.05) is 6.54 Å². The highest BCUT2D eigenvalue weighted by Crippen LogP contribution is 2.14. The molecule has 0 unspecified atom stereocenters. The van der Waals surface area contributed by atoms with Crippen molar-refractivity contribution < 1.29 is 9.26 Å². The van der Waals surface area contributed by atoms with Crippen LogP contribution in [0.3, 0.4) is 0 Å². The minimum atomic E-state index is 0. The molecule has 3 aromatic rings. The Kier molecular flexibility index (Phi) is 11.2. The van der Waals surface area contributed by atoms with Crippen LogP contribution in [-0.4, -0.2) is 17.7 Å². The number of nitrogens with one attached hydrogen (secondary N) is 2. The van der Waals surface area contributed by atoms with E-state index in [0.717, 1.165) is 35.1 Å². The fourth-order valence-electron chi connectivity index (χ4n) is 3.07. The Labute approximate surface area is 207 Å². The molecule has 32 heavy (non-hydrogen) atoms. The number of hydrogen-bond acceptors (Lipinski definition) is 4. The number of aromatic nitrogens is 1. The van der Waals surface area contributed by atoms with E-state index in [0.29, 0.717) is 32.2 Å². The van der Waals surface area contributed by atoms with Crippen LogP contribution in [0.1, 0.15) is 54.8 Å². The summed E-state index contributed by atoms with van der Waals surface area (Å²) in [5.41, 5.74) is 4.43. The molecule has 0 bridgehead atoms. The summed E-state index contributed by atoms with van der Waals surface area (Å²) in [6.45, 7) is 9.28. The molecule has 0 aliphatic rings. The molecule has 1 heterocycles. The molecule has 0 radical (unpaired) electrons. The molecule has 0 aliphatic carbocycles. The average molecular weight is 548 g/mol. The summed E-state index contributed by atoms with van der Waals surface area (Å²) in [5.74, 6) is 1.88. The van der Waals surface area contributed by atoms with Gasteiger partial charge in [-0.3, -0.25) is 0 Å². The molecule has 0 aliphatic heterocycles. The molecule has 1 aromatic heterocycles. The van der Waals surface area contributed by atoms with E-state index in [2.05, 4.69) is 53.9 Å². The molecule has 6 nitrogen and oxygen atoms in total. The molecular weight excluding hydrogens is 515 g/mol. The van der Waals surface area contributed by atoms with E-state index in [1.165, 1.54) is 5.56 Å². The van der Waals surface area contributed by atoms with Crippen molar-refractivity contribution in [1.29, 1.82) is 0 Å². The van der Waals surface area contributed by atoms with Crippen LogP contribution in [0.2, 0.25) is 0 Å². The van der Waals surface area contributed by atoms with Crippen LogP contribution < -0.4 is 10.6 Å². The zero-order chi connectivity index (χ0) is 21.9. The molecule has 7 heteroatoms. The Morgan fingerprint density at radius 3 is 2.41 bits per heavy atom. The van der Waals surface area contributed by atoms with E-state index in [1.54, 1.807) is 0 Å². The first-order chi connectivity index (χ1) is 15.2. The number of nitrogens with zero attached hydrogens (tertiary/aromatic N) is 2. The minimum Gasteiger partial charge on any atom is -0.372 e. The molecule has 2 N–H and O–H groups in total. The fraction of sp³-hybridized carbons (Fsp3) is 0.360. The molecule has 0 saturated heterocycles. The van der Waals surface area contributed by atoms with Crippen molar-refractivity contribution in [3.05, 3.63) is 88.8 Å². The summed E-state index contributed by atoms with van der Waals surface area (Å²) < 4.78 is 11.3. The third-order valence-corrected chi connectivity index (χ3v) is 4.84. The van der Waals surface area contributed by atoms with Crippen molar-refractivity contribution in [2.24, 2.45) is 4.99 Å². The minimum absolute atomic E-state index is 0. The number of aliphatic imine (C=N–C) groups is 1. The van der Waals surface area contributed by atoms with Gasteiger partial charge in [-0.05, 0) is 29.5 Å². The molecule has 0 fully saturated rings. The van der Waals surface area contributed by atoms with Crippen molar-refractivity contribution in [3.63, 3.8) is 0 Å². The molecule has 0 saturated carbocycles. The largest absolute Gasteiger partial charge is 0.372 e. The van der Waals surface area contributed by atoms with E-state index in [9.17, 15) is 0 Å². The first-order valence-corrected chi connectivity index (χ1v) is 10.8. The lowest BCUT2D eigenvalue weighted by Gasteiger charge is -2.12. The van der Waals surface area contributed by atoms with Crippen molar-refractivity contribution in [1.82, 2.24) is 15.8 Å². The number of hydrogen-bond donors (Lipinski definition) is 2. The highest BCUT2D eigenvalue weighted by molar-refractivity contribution is 14.0. The van der Waals surface area contributed by atoms with Crippen molar-refractivity contribution in [2.45, 2.75) is 53.0 Å². The lowest BCUT2D eigenvalue weighted by atomic mass is 10.1. The second kappa shape index (κ2) is 13.9. The van der Waals surface area contributed by atoms with Crippen LogP contribution in [0, 0.1) is 0 Å². The second-order valence-electron chi connectivity index (χ2n) is 7.67. The molecule has 2 aromatic carbocycles. The number of guanidine groups is 1. The van der Waals surface area contributed by atoms with Gasteiger partial charge in [0.25, 0.3) is 0 Å². The first kappa shape index (κ1) is 25.9. The van der Waals surface area contributed by atoms with Gasteiger partial charge in [-0.1, -0.05) is 73.6 Å². The van der Waals surface area contributed by atoms with Crippen LogP contribution in [0.15, 0.2) is 70.2 Å². The Hall–Kier alpha value is -2.39. The van der Waals surface area contributed by atoms with E-state index in [-0.39, 0.29) is 24.0 Å². The zero-order valence-electron chi connectivity index (χ0n) is 19.0. The van der Waals surface area contributed by atoms with Gasteiger partial charge in [0.2, 0.25) is 0 Å². The molecule has 3 rings (SSSR count). The van der Waals surface area contributed by atoms with Crippen LogP contribution in [0.5, 0.6) is 0 Å². The maximum absolute atomic E-state index is 5.93. The fourth-order valence-corrected chi connectivity index (χ4v) is 3.07. The van der Waals surface area contributed by atoms with E-state index < -0.39 is 0 Å². The topological polar surface area (TPSA) is 71.7 Å². The Balaban J connectivity index is 0.00000363. The van der Waals surface area contributed by atoms with Gasteiger partial charge >= 0.3 is 0 Å². The quantitative estimate of drug-likeness (QED) is 0.202. The lowest BCUT2D eigenvalue weighted by molar-refractivity contribution is 0.106. The number of rotatable bonds is 10. The second-order valence-corrected chi connectivity index (χ2v) is 7.67. The summed E-state index contributed by atoms with van der Waals surface area (Å²) in [6, 6.07) is 20.5. The van der Waals surface area contributed by atoms with Crippen LogP contribution in [-0.2, 0) is 31.0 Å². The van der Waals surface area contributed by atoms with Crippen LogP contribution >= 0.6 is 24.0 Å². The smallest absolute Gasteiger partial charge is 0.191 e. The molecular formula is C25H33IN4O2. The first-order valence-electron chi connectivity index (χ1n) is 10.8. The summed E-state index contributed by atoms with van der Waals surface area (Å²) in [7, 11) is 0. The summed E-state index contributed by atoms with van der Waals surface area (Å²) in [6.07, 6.45) is 0.